The van der Waals surface area contributed by atoms with E-state index in [4.69, 9.17) is 9.47 Å². The van der Waals surface area contributed by atoms with E-state index in [1.807, 2.05) is 18.2 Å². The van der Waals surface area contributed by atoms with E-state index in [-0.39, 0.29) is 4.83 Å². The molecule has 0 spiro atoms. The smallest absolute Gasteiger partial charge is 0.160 e. The van der Waals surface area contributed by atoms with Gasteiger partial charge in [-0.1, -0.05) is 22.0 Å². The van der Waals surface area contributed by atoms with Gasteiger partial charge < -0.3 is 9.47 Å². The predicted octanol–water partition coefficient (Wildman–Crippen LogP) is 2.83. The molecule has 1 aromatic rings. The van der Waals surface area contributed by atoms with Gasteiger partial charge in [-0.05, 0) is 38.0 Å². The van der Waals surface area contributed by atoms with Crippen molar-refractivity contribution in [3.8, 4) is 11.5 Å². The second-order valence-corrected chi connectivity index (χ2v) is 8.94. The molecule has 0 aliphatic heterocycles. The Balaban J connectivity index is 3.00. The number of hydrogen-bond acceptors (Lipinski definition) is 4. The van der Waals surface area contributed by atoms with Gasteiger partial charge in [0.2, 0.25) is 0 Å². The molecule has 1 aromatic carbocycles. The molecule has 0 radical (unpaired) electrons. The minimum atomic E-state index is -3.15. The summed E-state index contributed by atoms with van der Waals surface area (Å²) in [6.07, 6.45) is 1.84. The predicted molar refractivity (Wildman–Crippen MR) is 84.9 cm³/mol. The summed E-state index contributed by atoms with van der Waals surface area (Å²) < 4.78 is 33.3. The average molecular weight is 365 g/mol. The van der Waals surface area contributed by atoms with E-state index < -0.39 is 14.6 Å². The number of alkyl halides is 1. The van der Waals surface area contributed by atoms with Gasteiger partial charge in [0.15, 0.2) is 21.3 Å². The number of sulfone groups is 1. The normalized spacial score (nSPS) is 13.9. The van der Waals surface area contributed by atoms with Crippen LogP contribution >= 0.6 is 15.9 Å². The summed E-state index contributed by atoms with van der Waals surface area (Å²) >= 11 is 3.50. The molecule has 0 heterocycles. The van der Waals surface area contributed by atoms with E-state index in [1.54, 1.807) is 28.1 Å². The first kappa shape index (κ1) is 17.3. The third kappa shape index (κ3) is 3.67. The van der Waals surface area contributed by atoms with Crippen LogP contribution < -0.4 is 9.47 Å². The molecule has 1 rings (SSSR count). The van der Waals surface area contributed by atoms with E-state index >= 15 is 0 Å². The summed E-state index contributed by atoms with van der Waals surface area (Å²) in [4.78, 5) is -0.192. The number of methoxy groups -OCH3 is 2. The highest BCUT2D eigenvalue weighted by Crippen LogP contribution is 2.32. The Morgan fingerprint density at radius 2 is 1.75 bits per heavy atom. The summed E-state index contributed by atoms with van der Waals surface area (Å²) in [7, 11) is 0.00498. The molecule has 6 heteroatoms. The first-order valence-corrected chi connectivity index (χ1v) is 8.98. The zero-order valence-corrected chi connectivity index (χ0v) is 14.8. The highest BCUT2D eigenvalue weighted by molar-refractivity contribution is 9.09. The first-order chi connectivity index (χ1) is 9.13. The number of ether oxygens (including phenoxy) is 2. The highest BCUT2D eigenvalue weighted by atomic mass is 79.9. The number of benzene rings is 1. The van der Waals surface area contributed by atoms with Crippen molar-refractivity contribution in [1.82, 2.24) is 0 Å². The van der Waals surface area contributed by atoms with Crippen molar-refractivity contribution in [2.45, 2.75) is 29.8 Å². The van der Waals surface area contributed by atoms with Gasteiger partial charge in [-0.3, -0.25) is 0 Å². The molecule has 0 fully saturated rings. The molecule has 1 atom stereocenters. The standard InChI is InChI=1S/C14H21BrO4S/c1-14(2,20(5,16)17)13(15)9-10-6-7-11(18-3)12(8-10)19-4/h6-8,13H,9H2,1-5H3. The van der Waals surface area contributed by atoms with Crippen molar-refractivity contribution in [2.75, 3.05) is 20.5 Å². The molecule has 4 nitrogen and oxygen atoms in total. The quantitative estimate of drug-likeness (QED) is 0.728. The van der Waals surface area contributed by atoms with Crippen LogP contribution in [0.2, 0.25) is 0 Å². The molecule has 0 aliphatic carbocycles. The van der Waals surface area contributed by atoms with Crippen LogP contribution in [0.1, 0.15) is 19.4 Å². The lowest BCUT2D eigenvalue weighted by molar-refractivity contribution is 0.354. The van der Waals surface area contributed by atoms with E-state index in [1.165, 1.54) is 6.26 Å². The summed E-state index contributed by atoms with van der Waals surface area (Å²) in [5.41, 5.74) is 0.987. The van der Waals surface area contributed by atoms with Crippen molar-refractivity contribution < 1.29 is 17.9 Å². The van der Waals surface area contributed by atoms with Gasteiger partial charge in [-0.25, -0.2) is 8.42 Å². The van der Waals surface area contributed by atoms with E-state index in [2.05, 4.69) is 15.9 Å². The SMILES string of the molecule is COc1ccc(CC(Br)C(C)(C)S(C)(=O)=O)cc1OC. The molecule has 0 aromatic heterocycles. The largest absolute Gasteiger partial charge is 0.493 e. The summed E-state index contributed by atoms with van der Waals surface area (Å²) in [6.45, 7) is 3.45. The Hall–Kier alpha value is -0.750. The molecular weight excluding hydrogens is 344 g/mol. The van der Waals surface area contributed by atoms with E-state index in [0.717, 1.165) is 5.56 Å². The highest BCUT2D eigenvalue weighted by Gasteiger charge is 2.37. The fourth-order valence-corrected chi connectivity index (χ4v) is 3.63. The summed E-state index contributed by atoms with van der Waals surface area (Å²) in [5, 5.41) is 0. The monoisotopic (exact) mass is 364 g/mol. The Labute approximate surface area is 129 Å². The van der Waals surface area contributed by atoms with E-state index in [9.17, 15) is 8.42 Å². The Morgan fingerprint density at radius 3 is 2.20 bits per heavy atom. The molecule has 0 saturated heterocycles. The van der Waals surface area contributed by atoms with Crippen LogP contribution in [0, 0.1) is 0 Å². The van der Waals surface area contributed by atoms with Gasteiger partial charge in [-0.15, -0.1) is 0 Å². The maximum atomic E-state index is 11.8. The van der Waals surface area contributed by atoms with Gasteiger partial charge in [0.1, 0.15) is 0 Å². The van der Waals surface area contributed by atoms with Crippen LogP contribution in [0.3, 0.4) is 0 Å². The van der Waals surface area contributed by atoms with Crippen molar-refractivity contribution in [3.05, 3.63) is 23.8 Å². The fraction of sp³-hybridized carbons (Fsp3) is 0.571. The van der Waals surface area contributed by atoms with Crippen LogP contribution in [-0.4, -0.2) is 38.5 Å². The van der Waals surface area contributed by atoms with E-state index in [0.29, 0.717) is 17.9 Å². The van der Waals surface area contributed by atoms with Gasteiger partial charge in [0.05, 0.1) is 19.0 Å². The van der Waals surface area contributed by atoms with Gasteiger partial charge >= 0.3 is 0 Å². The molecule has 0 saturated carbocycles. The van der Waals surface area contributed by atoms with Crippen LogP contribution in [0.15, 0.2) is 18.2 Å². The van der Waals surface area contributed by atoms with Gasteiger partial charge in [0, 0.05) is 11.1 Å². The number of hydrogen-bond donors (Lipinski definition) is 0. The lowest BCUT2D eigenvalue weighted by Gasteiger charge is -2.28. The Morgan fingerprint density at radius 1 is 1.20 bits per heavy atom. The molecule has 0 aliphatic rings. The fourth-order valence-electron chi connectivity index (χ4n) is 1.69. The lowest BCUT2D eigenvalue weighted by atomic mass is 10.0. The minimum absolute atomic E-state index is 0.192. The van der Waals surface area contributed by atoms with Crippen LogP contribution in [0.4, 0.5) is 0 Å². The van der Waals surface area contributed by atoms with Crippen LogP contribution in [0.25, 0.3) is 0 Å². The molecule has 0 amide bonds. The Kier molecular flexibility index (Phi) is 5.49. The van der Waals surface area contributed by atoms with Gasteiger partial charge in [0.25, 0.3) is 0 Å². The average Bonchev–Trinajstić information content (AvgIpc) is 2.37. The minimum Gasteiger partial charge on any atom is -0.493 e. The molecule has 1 unspecified atom stereocenters. The second-order valence-electron chi connectivity index (χ2n) is 5.24. The van der Waals surface area contributed by atoms with Crippen molar-refractivity contribution in [3.63, 3.8) is 0 Å². The van der Waals surface area contributed by atoms with Crippen LogP contribution in [0.5, 0.6) is 11.5 Å². The molecule has 114 valence electrons. The maximum Gasteiger partial charge on any atom is 0.160 e. The summed E-state index contributed by atoms with van der Waals surface area (Å²) in [6, 6.07) is 5.60. The van der Waals surface area contributed by atoms with Crippen LogP contribution in [-0.2, 0) is 16.3 Å². The lowest BCUT2D eigenvalue weighted by Crippen LogP contribution is -2.41. The third-order valence-electron chi connectivity index (χ3n) is 3.57. The molecule has 20 heavy (non-hydrogen) atoms. The maximum absolute atomic E-state index is 11.8. The zero-order valence-electron chi connectivity index (χ0n) is 12.4. The van der Waals surface area contributed by atoms with Crippen molar-refractivity contribution in [2.24, 2.45) is 0 Å². The topological polar surface area (TPSA) is 52.6 Å². The zero-order chi connectivity index (χ0) is 15.6. The summed E-state index contributed by atoms with van der Waals surface area (Å²) in [5.74, 6) is 1.30. The molecule has 0 N–H and O–H groups in total. The van der Waals surface area contributed by atoms with Crippen molar-refractivity contribution >= 4 is 25.8 Å². The molecular formula is C14H21BrO4S. The second kappa shape index (κ2) is 6.35. The third-order valence-corrected chi connectivity index (χ3v) is 7.54. The van der Waals surface area contributed by atoms with Gasteiger partial charge in [-0.2, -0.15) is 0 Å². The molecule has 0 bridgehead atoms. The van der Waals surface area contributed by atoms with Crippen molar-refractivity contribution in [1.29, 1.82) is 0 Å². The first-order valence-electron chi connectivity index (χ1n) is 6.18. The Bertz CT molecular complexity index is 567. The number of halogens is 1. The number of rotatable bonds is 6.